The van der Waals surface area contributed by atoms with Gasteiger partial charge in [-0.05, 0) is 6.42 Å². The molecule has 0 radical (unpaired) electrons. The highest BCUT2D eigenvalue weighted by atomic mass is 16.6. The number of aliphatic hydroxyl groups excluding tert-OH is 2. The molecular weight excluding hydrogens is 268 g/mol. The molecule has 2 unspecified atom stereocenters. The number of hydrogen-bond acceptors (Lipinski definition) is 4. The molecule has 2 N–H and O–H groups in total. The molecule has 4 heteroatoms. The molecule has 0 fully saturated rings. The largest absolute Gasteiger partial charge is 0.429 e. The Morgan fingerprint density at radius 3 is 2.05 bits per heavy atom. The summed E-state index contributed by atoms with van der Waals surface area (Å²) in [5.41, 5.74) is 0.302. The third kappa shape index (κ3) is 7.63. The van der Waals surface area contributed by atoms with Crippen LogP contribution < -0.4 is 0 Å². The van der Waals surface area contributed by atoms with E-state index >= 15 is 0 Å². The third-order valence-electron chi connectivity index (χ3n) is 4.01. The number of rotatable bonds is 12. The maximum Gasteiger partial charge on any atom is 0.333 e. The van der Waals surface area contributed by atoms with Gasteiger partial charge in [0.25, 0.3) is 0 Å². The molecule has 0 spiro atoms. The molecule has 1 aliphatic rings. The molecule has 2 atom stereocenters. The van der Waals surface area contributed by atoms with E-state index in [1.165, 1.54) is 57.4 Å². The average molecular weight is 298 g/mol. The fourth-order valence-electron chi connectivity index (χ4n) is 2.67. The van der Waals surface area contributed by atoms with Gasteiger partial charge in [0.05, 0.1) is 6.10 Å². The molecule has 0 bridgehead atoms. The summed E-state index contributed by atoms with van der Waals surface area (Å²) in [4.78, 5) is 10.9. The SMILES string of the molecule is CCCCCCCCCCCCC(O)C1=CC(=O)OC1O. The number of hydrogen-bond donors (Lipinski definition) is 2. The molecule has 0 amide bonds. The number of ether oxygens (including phenoxy) is 1. The van der Waals surface area contributed by atoms with Crippen molar-refractivity contribution in [2.45, 2.75) is 89.9 Å². The fourth-order valence-corrected chi connectivity index (χ4v) is 2.67. The zero-order chi connectivity index (χ0) is 15.5. The number of carbonyl (C=O) groups is 1. The van der Waals surface area contributed by atoms with E-state index in [0.29, 0.717) is 12.0 Å². The highest BCUT2D eigenvalue weighted by Crippen LogP contribution is 2.21. The second kappa shape index (κ2) is 10.8. The summed E-state index contributed by atoms with van der Waals surface area (Å²) < 4.78 is 4.56. The van der Waals surface area contributed by atoms with Gasteiger partial charge in [-0.2, -0.15) is 0 Å². The van der Waals surface area contributed by atoms with Crippen molar-refractivity contribution in [1.82, 2.24) is 0 Å². The van der Waals surface area contributed by atoms with Crippen LogP contribution >= 0.6 is 0 Å². The molecule has 21 heavy (non-hydrogen) atoms. The second-order valence-electron chi connectivity index (χ2n) is 5.92. The van der Waals surface area contributed by atoms with Crippen LogP contribution in [0, 0.1) is 0 Å². The first-order valence-corrected chi connectivity index (χ1v) is 8.43. The van der Waals surface area contributed by atoms with Gasteiger partial charge in [-0.25, -0.2) is 4.79 Å². The Hall–Kier alpha value is -0.870. The van der Waals surface area contributed by atoms with E-state index in [0.717, 1.165) is 12.8 Å². The van der Waals surface area contributed by atoms with E-state index < -0.39 is 18.4 Å². The lowest BCUT2D eigenvalue weighted by molar-refractivity contribution is -0.152. The van der Waals surface area contributed by atoms with Crippen molar-refractivity contribution >= 4 is 5.97 Å². The molecule has 0 aromatic rings. The van der Waals surface area contributed by atoms with Crippen molar-refractivity contribution < 1.29 is 19.7 Å². The molecule has 122 valence electrons. The van der Waals surface area contributed by atoms with Gasteiger partial charge in [0.15, 0.2) is 0 Å². The van der Waals surface area contributed by atoms with Gasteiger partial charge in [0.1, 0.15) is 0 Å². The summed E-state index contributed by atoms with van der Waals surface area (Å²) in [5, 5.41) is 19.3. The smallest absolute Gasteiger partial charge is 0.333 e. The highest BCUT2D eigenvalue weighted by molar-refractivity contribution is 5.85. The molecule has 0 aromatic heterocycles. The Bertz CT molecular complexity index is 325. The van der Waals surface area contributed by atoms with Gasteiger partial charge >= 0.3 is 5.97 Å². The number of cyclic esters (lactones) is 1. The molecule has 1 heterocycles. The maximum atomic E-state index is 10.9. The lowest BCUT2D eigenvalue weighted by Crippen LogP contribution is -2.20. The number of aliphatic hydroxyl groups is 2. The topological polar surface area (TPSA) is 66.8 Å². The zero-order valence-corrected chi connectivity index (χ0v) is 13.2. The van der Waals surface area contributed by atoms with E-state index in [2.05, 4.69) is 11.7 Å². The standard InChI is InChI=1S/C17H30O4/c1-2-3-4-5-6-7-8-9-10-11-12-15(18)14-13-16(19)21-17(14)20/h13,15,17-18,20H,2-12H2,1H3. The summed E-state index contributed by atoms with van der Waals surface area (Å²) in [6.07, 6.45) is 12.2. The van der Waals surface area contributed by atoms with Gasteiger partial charge in [-0.15, -0.1) is 0 Å². The summed E-state index contributed by atoms with van der Waals surface area (Å²) in [6.45, 7) is 2.23. The van der Waals surface area contributed by atoms with Crippen LogP contribution in [0.2, 0.25) is 0 Å². The lowest BCUT2D eigenvalue weighted by atomic mass is 10.0. The Morgan fingerprint density at radius 1 is 1.05 bits per heavy atom. The second-order valence-corrected chi connectivity index (χ2v) is 5.92. The minimum absolute atomic E-state index is 0.302. The molecule has 4 nitrogen and oxygen atoms in total. The van der Waals surface area contributed by atoms with Crippen molar-refractivity contribution in [3.05, 3.63) is 11.6 Å². The molecule has 0 aliphatic carbocycles. The van der Waals surface area contributed by atoms with Crippen molar-refractivity contribution in [3.8, 4) is 0 Å². The molecule has 0 aromatic carbocycles. The summed E-state index contributed by atoms with van der Waals surface area (Å²) >= 11 is 0. The molecule has 1 aliphatic heterocycles. The maximum absolute atomic E-state index is 10.9. The minimum atomic E-state index is -1.25. The average Bonchev–Trinajstić information content (AvgIpc) is 2.79. The van der Waals surface area contributed by atoms with Crippen LogP contribution in [0.5, 0.6) is 0 Å². The van der Waals surface area contributed by atoms with Gasteiger partial charge < -0.3 is 14.9 Å². The van der Waals surface area contributed by atoms with Crippen LogP contribution in [-0.2, 0) is 9.53 Å². The van der Waals surface area contributed by atoms with Crippen LogP contribution in [0.25, 0.3) is 0 Å². The number of unbranched alkanes of at least 4 members (excludes halogenated alkanes) is 9. The first-order chi connectivity index (χ1) is 10.1. The quantitative estimate of drug-likeness (QED) is 0.428. The van der Waals surface area contributed by atoms with E-state index in [9.17, 15) is 15.0 Å². The van der Waals surface area contributed by atoms with E-state index in [4.69, 9.17) is 0 Å². The Morgan fingerprint density at radius 2 is 1.57 bits per heavy atom. The minimum Gasteiger partial charge on any atom is -0.429 e. The van der Waals surface area contributed by atoms with Crippen LogP contribution in [0.15, 0.2) is 11.6 Å². The van der Waals surface area contributed by atoms with Crippen molar-refractivity contribution in [2.24, 2.45) is 0 Å². The van der Waals surface area contributed by atoms with E-state index in [1.54, 1.807) is 0 Å². The zero-order valence-electron chi connectivity index (χ0n) is 13.2. The Labute approximate surface area is 128 Å². The van der Waals surface area contributed by atoms with Crippen molar-refractivity contribution in [2.75, 3.05) is 0 Å². The summed E-state index contributed by atoms with van der Waals surface area (Å²) in [7, 11) is 0. The first kappa shape index (κ1) is 18.2. The monoisotopic (exact) mass is 298 g/mol. The Balaban J connectivity index is 1.95. The molecular formula is C17H30O4. The van der Waals surface area contributed by atoms with Gasteiger partial charge in [0, 0.05) is 11.6 Å². The predicted molar refractivity (Wildman–Crippen MR) is 82.6 cm³/mol. The number of carbonyl (C=O) groups excluding carboxylic acids is 1. The fraction of sp³-hybridized carbons (Fsp3) is 0.824. The first-order valence-electron chi connectivity index (χ1n) is 8.43. The highest BCUT2D eigenvalue weighted by Gasteiger charge is 2.28. The van der Waals surface area contributed by atoms with Crippen LogP contribution in [0.4, 0.5) is 0 Å². The number of esters is 1. The van der Waals surface area contributed by atoms with E-state index in [-0.39, 0.29) is 0 Å². The third-order valence-corrected chi connectivity index (χ3v) is 4.01. The van der Waals surface area contributed by atoms with E-state index in [1.807, 2.05) is 0 Å². The predicted octanol–water partition coefficient (Wildman–Crippen LogP) is 3.46. The van der Waals surface area contributed by atoms with Crippen LogP contribution in [-0.4, -0.2) is 28.6 Å². The van der Waals surface area contributed by atoms with Gasteiger partial charge in [0.2, 0.25) is 6.29 Å². The summed E-state index contributed by atoms with van der Waals surface area (Å²) in [6, 6.07) is 0. The molecule has 0 saturated heterocycles. The Kier molecular flexibility index (Phi) is 9.35. The van der Waals surface area contributed by atoms with Crippen LogP contribution in [0.3, 0.4) is 0 Å². The van der Waals surface area contributed by atoms with Crippen LogP contribution in [0.1, 0.15) is 77.6 Å². The molecule has 0 saturated carbocycles. The van der Waals surface area contributed by atoms with Gasteiger partial charge in [-0.3, -0.25) is 0 Å². The molecule has 1 rings (SSSR count). The van der Waals surface area contributed by atoms with Gasteiger partial charge in [-0.1, -0.05) is 71.1 Å². The summed E-state index contributed by atoms with van der Waals surface area (Å²) in [5.74, 6) is -0.570. The van der Waals surface area contributed by atoms with Crippen molar-refractivity contribution in [1.29, 1.82) is 0 Å². The van der Waals surface area contributed by atoms with Crippen molar-refractivity contribution in [3.63, 3.8) is 0 Å². The lowest BCUT2D eigenvalue weighted by Gasteiger charge is -2.14. The normalized spacial score (nSPS) is 19.5.